The van der Waals surface area contributed by atoms with Crippen LogP contribution in [0.1, 0.15) is 18.4 Å². The Morgan fingerprint density at radius 2 is 2.06 bits per heavy atom. The van der Waals surface area contributed by atoms with Gasteiger partial charge < -0.3 is 5.11 Å². The van der Waals surface area contributed by atoms with Crippen molar-refractivity contribution in [1.29, 1.82) is 0 Å². The van der Waals surface area contributed by atoms with Crippen LogP contribution < -0.4 is 0 Å². The lowest BCUT2D eigenvalue weighted by Gasteiger charge is -2.19. The number of hydrogen-bond donors (Lipinski definition) is 1. The summed E-state index contributed by atoms with van der Waals surface area (Å²) in [5.74, 6) is -0.284. The van der Waals surface area contributed by atoms with Crippen molar-refractivity contribution in [3.05, 3.63) is 35.9 Å². The Labute approximate surface area is 93.5 Å². The van der Waals surface area contributed by atoms with E-state index < -0.39 is 6.09 Å². The van der Waals surface area contributed by atoms with Gasteiger partial charge in [-0.1, -0.05) is 30.3 Å². The summed E-state index contributed by atoms with van der Waals surface area (Å²) in [6.45, 7) is 0. The number of carbonyl (C=O) groups excluding carboxylic acids is 1. The number of imide groups is 1. The first-order valence-electron chi connectivity index (χ1n) is 5.27. The average molecular weight is 219 g/mol. The minimum absolute atomic E-state index is 0.201. The predicted molar refractivity (Wildman–Crippen MR) is 58.0 cm³/mol. The molecule has 4 heteroatoms. The smallest absolute Gasteiger partial charge is 0.414 e. The summed E-state index contributed by atoms with van der Waals surface area (Å²) < 4.78 is 0. The van der Waals surface area contributed by atoms with Gasteiger partial charge >= 0.3 is 6.09 Å². The molecule has 84 valence electrons. The maximum absolute atomic E-state index is 11.4. The summed E-state index contributed by atoms with van der Waals surface area (Å²) in [7, 11) is 0. The molecule has 1 N–H and O–H groups in total. The van der Waals surface area contributed by atoms with E-state index in [2.05, 4.69) is 0 Å². The van der Waals surface area contributed by atoms with Gasteiger partial charge in [-0.25, -0.2) is 9.69 Å². The zero-order valence-corrected chi connectivity index (χ0v) is 8.80. The van der Waals surface area contributed by atoms with Gasteiger partial charge in [-0.2, -0.15) is 0 Å². The quantitative estimate of drug-likeness (QED) is 0.826. The number of carboxylic acid groups (broad SMARTS) is 1. The monoisotopic (exact) mass is 219 g/mol. The van der Waals surface area contributed by atoms with Gasteiger partial charge in [0.15, 0.2) is 0 Å². The van der Waals surface area contributed by atoms with Crippen molar-refractivity contribution >= 4 is 12.0 Å². The number of hydrogen-bond acceptors (Lipinski definition) is 2. The summed E-state index contributed by atoms with van der Waals surface area (Å²) in [4.78, 5) is 23.2. The summed E-state index contributed by atoms with van der Waals surface area (Å²) in [5.41, 5.74) is 1.06. The molecule has 1 aliphatic rings. The number of nitrogens with zero attached hydrogens (tertiary/aromatic N) is 1. The van der Waals surface area contributed by atoms with Gasteiger partial charge in [-0.05, 0) is 18.4 Å². The third-order valence-corrected chi connectivity index (χ3v) is 2.85. The standard InChI is InChI=1S/C12H13NO3/c14-11-7-6-10(13(11)12(15)16)8-9-4-2-1-3-5-9/h1-5,10H,6-8H2,(H,15,16)/t10-/m0/s1. The zero-order chi connectivity index (χ0) is 11.5. The van der Waals surface area contributed by atoms with Crippen LogP contribution in [0.2, 0.25) is 0 Å². The van der Waals surface area contributed by atoms with E-state index in [1.54, 1.807) is 0 Å². The fraction of sp³-hybridized carbons (Fsp3) is 0.333. The SMILES string of the molecule is O=C(O)N1C(=O)CC[C@H]1Cc1ccccc1. The molecule has 0 unspecified atom stereocenters. The molecule has 1 atom stereocenters. The van der Waals surface area contributed by atoms with Crippen molar-refractivity contribution in [1.82, 2.24) is 4.90 Å². The summed E-state index contributed by atoms with van der Waals surface area (Å²) >= 11 is 0. The largest absolute Gasteiger partial charge is 0.465 e. The maximum Gasteiger partial charge on any atom is 0.414 e. The van der Waals surface area contributed by atoms with Crippen LogP contribution in [0.5, 0.6) is 0 Å². The Bertz CT molecular complexity index is 402. The lowest BCUT2D eigenvalue weighted by molar-refractivity contribution is -0.126. The van der Waals surface area contributed by atoms with E-state index in [0.717, 1.165) is 10.5 Å². The van der Waals surface area contributed by atoms with Crippen molar-refractivity contribution < 1.29 is 14.7 Å². The summed E-state index contributed by atoms with van der Waals surface area (Å²) in [5, 5.41) is 8.94. The van der Waals surface area contributed by atoms with E-state index in [1.165, 1.54) is 0 Å². The van der Waals surface area contributed by atoms with Crippen LogP contribution in [-0.2, 0) is 11.2 Å². The van der Waals surface area contributed by atoms with E-state index in [-0.39, 0.29) is 11.9 Å². The van der Waals surface area contributed by atoms with Crippen molar-refractivity contribution in [3.63, 3.8) is 0 Å². The summed E-state index contributed by atoms with van der Waals surface area (Å²) in [6, 6.07) is 9.44. The number of likely N-dealkylation sites (tertiary alicyclic amines) is 1. The molecule has 0 aliphatic carbocycles. The molecule has 0 aromatic heterocycles. The molecule has 0 saturated carbocycles. The molecule has 1 saturated heterocycles. The second kappa shape index (κ2) is 4.35. The van der Waals surface area contributed by atoms with E-state index in [9.17, 15) is 9.59 Å². The van der Waals surface area contributed by atoms with Gasteiger partial charge in [0.25, 0.3) is 0 Å². The van der Waals surface area contributed by atoms with Gasteiger partial charge in [-0.15, -0.1) is 0 Å². The number of benzene rings is 1. The van der Waals surface area contributed by atoms with Crippen LogP contribution in [0, 0.1) is 0 Å². The highest BCUT2D eigenvalue weighted by Gasteiger charge is 2.35. The third-order valence-electron chi connectivity index (χ3n) is 2.85. The Morgan fingerprint density at radius 1 is 1.38 bits per heavy atom. The van der Waals surface area contributed by atoms with Crippen LogP contribution in [-0.4, -0.2) is 28.0 Å². The van der Waals surface area contributed by atoms with Crippen LogP contribution in [0.4, 0.5) is 4.79 Å². The normalized spacial score (nSPS) is 20.1. The summed E-state index contributed by atoms with van der Waals surface area (Å²) in [6.07, 6.45) is 0.436. The molecule has 1 heterocycles. The molecule has 1 fully saturated rings. The highest BCUT2D eigenvalue weighted by atomic mass is 16.4. The molecule has 1 aromatic carbocycles. The molecule has 4 nitrogen and oxygen atoms in total. The van der Waals surface area contributed by atoms with Gasteiger partial charge in [0.1, 0.15) is 0 Å². The molecule has 1 aliphatic heterocycles. The number of amides is 2. The average Bonchev–Trinajstić information content (AvgIpc) is 2.61. The fourth-order valence-corrected chi connectivity index (χ4v) is 2.09. The predicted octanol–water partition coefficient (Wildman–Crippen LogP) is 1.90. The molecule has 2 rings (SSSR count). The maximum atomic E-state index is 11.4. The first kappa shape index (κ1) is 10.7. The first-order valence-corrected chi connectivity index (χ1v) is 5.27. The van der Waals surface area contributed by atoms with Crippen molar-refractivity contribution in [2.45, 2.75) is 25.3 Å². The van der Waals surface area contributed by atoms with Crippen LogP contribution in [0.15, 0.2) is 30.3 Å². The lowest BCUT2D eigenvalue weighted by atomic mass is 10.0. The minimum Gasteiger partial charge on any atom is -0.465 e. The van der Waals surface area contributed by atoms with Gasteiger partial charge in [0, 0.05) is 12.5 Å². The van der Waals surface area contributed by atoms with Crippen LogP contribution in [0.3, 0.4) is 0 Å². The first-order chi connectivity index (χ1) is 7.68. The highest BCUT2D eigenvalue weighted by molar-refractivity contribution is 5.93. The minimum atomic E-state index is -1.14. The Hall–Kier alpha value is -1.84. The van der Waals surface area contributed by atoms with E-state index in [0.29, 0.717) is 19.3 Å². The Kier molecular flexibility index (Phi) is 2.90. The van der Waals surface area contributed by atoms with Crippen LogP contribution >= 0.6 is 0 Å². The van der Waals surface area contributed by atoms with Crippen molar-refractivity contribution in [2.24, 2.45) is 0 Å². The third kappa shape index (κ3) is 2.05. The lowest BCUT2D eigenvalue weighted by Crippen LogP contribution is -2.38. The molecule has 2 amide bonds. The van der Waals surface area contributed by atoms with Gasteiger partial charge in [-0.3, -0.25) is 4.79 Å². The highest BCUT2D eigenvalue weighted by Crippen LogP contribution is 2.22. The zero-order valence-electron chi connectivity index (χ0n) is 8.80. The number of rotatable bonds is 2. The van der Waals surface area contributed by atoms with Gasteiger partial charge in [0.2, 0.25) is 5.91 Å². The second-order valence-electron chi connectivity index (χ2n) is 3.93. The van der Waals surface area contributed by atoms with E-state index in [4.69, 9.17) is 5.11 Å². The Balaban J connectivity index is 2.10. The fourth-order valence-electron chi connectivity index (χ4n) is 2.09. The molecule has 0 radical (unpaired) electrons. The molecule has 16 heavy (non-hydrogen) atoms. The van der Waals surface area contributed by atoms with Gasteiger partial charge in [0.05, 0.1) is 0 Å². The van der Waals surface area contributed by atoms with E-state index >= 15 is 0 Å². The van der Waals surface area contributed by atoms with Crippen molar-refractivity contribution in [2.75, 3.05) is 0 Å². The topological polar surface area (TPSA) is 57.6 Å². The van der Waals surface area contributed by atoms with Crippen LogP contribution in [0.25, 0.3) is 0 Å². The van der Waals surface area contributed by atoms with E-state index in [1.807, 2.05) is 30.3 Å². The second-order valence-corrected chi connectivity index (χ2v) is 3.93. The molecule has 0 bridgehead atoms. The molecular weight excluding hydrogens is 206 g/mol. The Morgan fingerprint density at radius 3 is 2.69 bits per heavy atom. The molecule has 0 spiro atoms. The molecular formula is C12H13NO3. The molecule has 1 aromatic rings. The van der Waals surface area contributed by atoms with Crippen molar-refractivity contribution in [3.8, 4) is 0 Å². The number of carbonyl (C=O) groups is 2.